The van der Waals surface area contributed by atoms with Crippen LogP contribution in [0, 0.1) is 18.6 Å². The fraction of sp³-hybridized carbons (Fsp3) is 0.188. The number of nitrogen functional groups attached to an aromatic ring is 1. The fourth-order valence-corrected chi connectivity index (χ4v) is 2.13. The summed E-state index contributed by atoms with van der Waals surface area (Å²) < 4.78 is 26.5. The van der Waals surface area contributed by atoms with Crippen molar-refractivity contribution in [3.63, 3.8) is 0 Å². The minimum Gasteiger partial charge on any atom is -0.398 e. The first-order valence-corrected chi connectivity index (χ1v) is 6.57. The minimum atomic E-state index is -1.09. The van der Waals surface area contributed by atoms with Crippen molar-refractivity contribution in [2.45, 2.75) is 13.8 Å². The van der Waals surface area contributed by atoms with Crippen LogP contribution in [0.3, 0.4) is 0 Å². The zero-order valence-corrected chi connectivity index (χ0v) is 11.9. The number of nitrogens with zero attached hydrogens (tertiary/aromatic N) is 1. The van der Waals surface area contributed by atoms with Gasteiger partial charge in [0.25, 0.3) is 5.91 Å². The zero-order valence-electron chi connectivity index (χ0n) is 11.9. The predicted molar refractivity (Wildman–Crippen MR) is 79.3 cm³/mol. The molecule has 0 radical (unpaired) electrons. The monoisotopic (exact) mass is 290 g/mol. The average Bonchev–Trinajstić information content (AvgIpc) is 2.43. The number of nitrogens with two attached hydrogens (primary N) is 1. The van der Waals surface area contributed by atoms with Crippen LogP contribution in [-0.2, 0) is 0 Å². The molecule has 0 heterocycles. The van der Waals surface area contributed by atoms with Gasteiger partial charge in [0, 0.05) is 24.0 Å². The van der Waals surface area contributed by atoms with Crippen LogP contribution < -0.4 is 10.6 Å². The summed E-state index contributed by atoms with van der Waals surface area (Å²) in [5, 5.41) is 0. The maximum atomic E-state index is 13.4. The molecule has 0 bridgehead atoms. The Bertz CT molecular complexity index is 686. The standard InChI is InChI=1S/C16H16F2N2O/c1-3-20(11-6-4-5-10(2)7-11)16(21)12-8-13(17)14(18)9-15(12)19/h4-9H,3,19H2,1-2H3. The van der Waals surface area contributed by atoms with Gasteiger partial charge >= 0.3 is 0 Å². The number of amides is 1. The Morgan fingerprint density at radius 3 is 2.48 bits per heavy atom. The molecule has 1 amide bonds. The Kier molecular flexibility index (Phi) is 4.21. The van der Waals surface area contributed by atoms with Crippen molar-refractivity contribution < 1.29 is 13.6 Å². The fourth-order valence-electron chi connectivity index (χ4n) is 2.13. The third-order valence-corrected chi connectivity index (χ3v) is 3.20. The molecule has 5 heteroatoms. The first kappa shape index (κ1) is 15.0. The number of benzene rings is 2. The Labute approximate surface area is 122 Å². The number of carbonyl (C=O) groups excluding carboxylic acids is 1. The molecule has 110 valence electrons. The van der Waals surface area contributed by atoms with E-state index in [1.54, 1.807) is 13.0 Å². The van der Waals surface area contributed by atoms with Gasteiger partial charge in [0.15, 0.2) is 11.6 Å². The van der Waals surface area contributed by atoms with Crippen molar-refractivity contribution in [1.82, 2.24) is 0 Å². The zero-order chi connectivity index (χ0) is 15.6. The van der Waals surface area contributed by atoms with E-state index in [0.29, 0.717) is 12.2 Å². The van der Waals surface area contributed by atoms with Gasteiger partial charge in [-0.05, 0) is 37.6 Å². The molecule has 0 aliphatic rings. The Balaban J connectivity index is 2.44. The van der Waals surface area contributed by atoms with E-state index < -0.39 is 17.5 Å². The SMILES string of the molecule is CCN(C(=O)c1cc(F)c(F)cc1N)c1cccc(C)c1. The van der Waals surface area contributed by atoms with Crippen molar-refractivity contribution in [3.05, 3.63) is 59.2 Å². The maximum absolute atomic E-state index is 13.4. The molecule has 0 aliphatic carbocycles. The number of aryl methyl sites for hydroxylation is 1. The van der Waals surface area contributed by atoms with Crippen molar-refractivity contribution in [1.29, 1.82) is 0 Å². The summed E-state index contributed by atoms with van der Waals surface area (Å²) >= 11 is 0. The number of rotatable bonds is 3. The highest BCUT2D eigenvalue weighted by molar-refractivity contribution is 6.09. The Morgan fingerprint density at radius 2 is 1.86 bits per heavy atom. The minimum absolute atomic E-state index is 0.0442. The van der Waals surface area contributed by atoms with Crippen LogP contribution in [0.5, 0.6) is 0 Å². The topological polar surface area (TPSA) is 46.3 Å². The maximum Gasteiger partial charge on any atom is 0.260 e. The summed E-state index contributed by atoms with van der Waals surface area (Å²) in [4.78, 5) is 14.0. The van der Waals surface area contributed by atoms with E-state index in [1.165, 1.54) is 4.90 Å². The van der Waals surface area contributed by atoms with Gasteiger partial charge in [-0.15, -0.1) is 0 Å². The molecule has 0 atom stereocenters. The van der Waals surface area contributed by atoms with Crippen molar-refractivity contribution in [3.8, 4) is 0 Å². The molecule has 0 aliphatic heterocycles. The van der Waals surface area contributed by atoms with E-state index in [-0.39, 0.29) is 11.3 Å². The first-order valence-electron chi connectivity index (χ1n) is 6.57. The molecular weight excluding hydrogens is 274 g/mol. The molecule has 21 heavy (non-hydrogen) atoms. The molecule has 0 aromatic heterocycles. The van der Waals surface area contributed by atoms with Crippen molar-refractivity contribution in [2.75, 3.05) is 17.2 Å². The van der Waals surface area contributed by atoms with E-state index in [1.807, 2.05) is 25.1 Å². The second kappa shape index (κ2) is 5.91. The van der Waals surface area contributed by atoms with Crippen LogP contribution in [0.15, 0.2) is 36.4 Å². The van der Waals surface area contributed by atoms with E-state index in [9.17, 15) is 13.6 Å². The van der Waals surface area contributed by atoms with Crippen LogP contribution in [0.25, 0.3) is 0 Å². The smallest absolute Gasteiger partial charge is 0.260 e. The third kappa shape index (κ3) is 3.02. The molecule has 0 spiro atoms. The molecule has 2 aromatic rings. The predicted octanol–water partition coefficient (Wildman–Crippen LogP) is 3.52. The largest absolute Gasteiger partial charge is 0.398 e. The van der Waals surface area contributed by atoms with Gasteiger partial charge in [0.1, 0.15) is 0 Å². The second-order valence-electron chi connectivity index (χ2n) is 4.74. The second-order valence-corrected chi connectivity index (χ2v) is 4.74. The summed E-state index contributed by atoms with van der Waals surface area (Å²) in [6.07, 6.45) is 0. The summed E-state index contributed by atoms with van der Waals surface area (Å²) in [6, 6.07) is 9.03. The lowest BCUT2D eigenvalue weighted by molar-refractivity contribution is 0.0988. The molecule has 0 saturated heterocycles. The molecule has 3 nitrogen and oxygen atoms in total. The Morgan fingerprint density at radius 1 is 1.19 bits per heavy atom. The molecule has 2 aromatic carbocycles. The highest BCUT2D eigenvalue weighted by Crippen LogP contribution is 2.23. The number of hydrogen-bond acceptors (Lipinski definition) is 2. The van der Waals surface area contributed by atoms with Crippen LogP contribution >= 0.6 is 0 Å². The highest BCUT2D eigenvalue weighted by atomic mass is 19.2. The molecule has 0 fully saturated rings. The van der Waals surface area contributed by atoms with E-state index in [2.05, 4.69) is 0 Å². The van der Waals surface area contributed by atoms with Crippen LogP contribution in [0.4, 0.5) is 20.2 Å². The molecule has 2 rings (SSSR count). The molecule has 0 unspecified atom stereocenters. The Hall–Kier alpha value is -2.43. The van der Waals surface area contributed by atoms with Gasteiger partial charge in [-0.25, -0.2) is 8.78 Å². The molecular formula is C16H16F2N2O. The highest BCUT2D eigenvalue weighted by Gasteiger charge is 2.20. The number of halogens is 2. The third-order valence-electron chi connectivity index (χ3n) is 3.20. The quantitative estimate of drug-likeness (QED) is 0.879. The molecule has 2 N–H and O–H groups in total. The van der Waals surface area contributed by atoms with E-state index >= 15 is 0 Å². The molecule has 0 saturated carbocycles. The summed E-state index contributed by atoms with van der Waals surface area (Å²) in [7, 11) is 0. The lowest BCUT2D eigenvalue weighted by Crippen LogP contribution is -2.31. The lowest BCUT2D eigenvalue weighted by atomic mass is 10.1. The van der Waals surface area contributed by atoms with Crippen LogP contribution in [0.2, 0.25) is 0 Å². The van der Waals surface area contributed by atoms with Gasteiger partial charge in [-0.2, -0.15) is 0 Å². The number of carbonyl (C=O) groups is 1. The van der Waals surface area contributed by atoms with Gasteiger partial charge in [-0.1, -0.05) is 12.1 Å². The number of hydrogen-bond donors (Lipinski definition) is 1. The normalized spacial score (nSPS) is 10.5. The average molecular weight is 290 g/mol. The van der Waals surface area contributed by atoms with Gasteiger partial charge in [0.05, 0.1) is 5.56 Å². The van der Waals surface area contributed by atoms with E-state index in [0.717, 1.165) is 17.7 Å². The first-order chi connectivity index (χ1) is 9.93. The number of anilines is 2. The van der Waals surface area contributed by atoms with Crippen LogP contribution in [-0.4, -0.2) is 12.5 Å². The van der Waals surface area contributed by atoms with Crippen molar-refractivity contribution in [2.24, 2.45) is 0 Å². The van der Waals surface area contributed by atoms with Gasteiger partial charge in [0.2, 0.25) is 0 Å². The van der Waals surface area contributed by atoms with Crippen molar-refractivity contribution >= 4 is 17.3 Å². The summed E-state index contributed by atoms with van der Waals surface area (Å²) in [5.41, 5.74) is 7.20. The van der Waals surface area contributed by atoms with Crippen LogP contribution in [0.1, 0.15) is 22.8 Å². The lowest BCUT2D eigenvalue weighted by Gasteiger charge is -2.22. The van der Waals surface area contributed by atoms with Gasteiger partial charge < -0.3 is 10.6 Å². The van der Waals surface area contributed by atoms with E-state index in [4.69, 9.17) is 5.73 Å². The summed E-state index contributed by atoms with van der Waals surface area (Å²) in [6.45, 7) is 4.10. The summed E-state index contributed by atoms with van der Waals surface area (Å²) in [5.74, 6) is -2.62. The van der Waals surface area contributed by atoms with Gasteiger partial charge in [-0.3, -0.25) is 4.79 Å².